The van der Waals surface area contributed by atoms with Crippen LogP contribution in [0.1, 0.15) is 27.7 Å². The Kier molecular flexibility index (Phi) is 5.39. The van der Waals surface area contributed by atoms with E-state index in [-0.39, 0.29) is 6.04 Å². The first kappa shape index (κ1) is 11.2. The quantitative estimate of drug-likeness (QED) is 0.587. The second-order valence-electron chi connectivity index (χ2n) is 2.73. The summed E-state index contributed by atoms with van der Waals surface area (Å²) >= 11 is 0. The van der Waals surface area contributed by atoms with Crippen molar-refractivity contribution in [3.05, 3.63) is 35.5 Å². The summed E-state index contributed by atoms with van der Waals surface area (Å²) in [5, 5.41) is 0. The molecule has 0 heterocycles. The van der Waals surface area contributed by atoms with E-state index in [1.54, 1.807) is 0 Å². The zero-order chi connectivity index (χ0) is 9.56. The third-order valence-corrected chi connectivity index (χ3v) is 1.52. The lowest BCUT2D eigenvalue weighted by molar-refractivity contribution is 1.01. The lowest BCUT2D eigenvalue weighted by Gasteiger charge is -1.97. The minimum Gasteiger partial charge on any atom is -0.321 e. The fourth-order valence-electron chi connectivity index (χ4n) is 1.03. The van der Waals surface area contributed by atoms with E-state index < -0.39 is 0 Å². The topological polar surface area (TPSA) is 26.0 Å². The van der Waals surface area contributed by atoms with E-state index in [4.69, 9.17) is 5.73 Å². The van der Waals surface area contributed by atoms with Gasteiger partial charge in [0.2, 0.25) is 0 Å². The summed E-state index contributed by atoms with van der Waals surface area (Å²) in [5.74, 6) is 0. The molecule has 0 saturated carbocycles. The predicted molar refractivity (Wildman–Crippen MR) is 56.0 cm³/mol. The van der Waals surface area contributed by atoms with Crippen LogP contribution < -0.4 is 5.73 Å². The van der Waals surface area contributed by atoms with Crippen LogP contribution in [0.5, 0.6) is 0 Å². The van der Waals surface area contributed by atoms with Gasteiger partial charge in [-0.3, -0.25) is 0 Å². The van der Waals surface area contributed by atoms with E-state index >= 15 is 0 Å². The van der Waals surface area contributed by atoms with Crippen molar-refractivity contribution in [1.82, 2.24) is 0 Å². The first-order valence-electron chi connectivity index (χ1n) is 4.49. The molecule has 0 radical (unpaired) electrons. The summed E-state index contributed by atoms with van der Waals surface area (Å²) in [4.78, 5) is 0. The van der Waals surface area contributed by atoms with Crippen molar-refractivity contribution in [2.45, 2.75) is 33.7 Å². The molecule has 0 unspecified atom stereocenters. The molecule has 0 aromatic heterocycles. The molecule has 0 saturated heterocycles. The maximum atomic E-state index is 5.72. The average Bonchev–Trinajstić information content (AvgIpc) is 2.16. The Bertz CT molecular complexity index is 187. The van der Waals surface area contributed by atoms with Gasteiger partial charge in [-0.25, -0.2) is 0 Å². The molecular weight excluding hydrogens is 146 g/mol. The number of hydrogen-bond acceptors (Lipinski definition) is 1. The maximum absolute atomic E-state index is 5.72. The lowest BCUT2D eigenvalue weighted by atomic mass is 10.2. The number of rotatable bonds is 0. The Labute approximate surface area is 75.7 Å². The summed E-state index contributed by atoms with van der Waals surface area (Å²) < 4.78 is 0. The van der Waals surface area contributed by atoms with Crippen LogP contribution >= 0.6 is 0 Å². The van der Waals surface area contributed by atoms with Gasteiger partial charge in [0.1, 0.15) is 0 Å². The normalized spacial score (nSPS) is 17.1. The highest BCUT2D eigenvalue weighted by molar-refractivity contribution is 5.33. The van der Waals surface area contributed by atoms with Crippen LogP contribution in [0.4, 0.5) is 0 Å². The van der Waals surface area contributed by atoms with Gasteiger partial charge in [0.25, 0.3) is 0 Å². The predicted octanol–water partition coefficient (Wildman–Crippen LogP) is 2.80. The van der Waals surface area contributed by atoms with Gasteiger partial charge in [-0.05, 0) is 13.8 Å². The van der Waals surface area contributed by atoms with Crippen molar-refractivity contribution in [2.24, 2.45) is 5.73 Å². The highest BCUT2D eigenvalue weighted by atomic mass is 14.6. The molecule has 0 bridgehead atoms. The largest absolute Gasteiger partial charge is 0.321 e. The summed E-state index contributed by atoms with van der Waals surface area (Å²) in [6.45, 7) is 8.12. The lowest BCUT2D eigenvalue weighted by Crippen LogP contribution is -2.13. The zero-order valence-corrected chi connectivity index (χ0v) is 8.46. The van der Waals surface area contributed by atoms with E-state index in [0.717, 1.165) is 0 Å². The maximum Gasteiger partial charge on any atom is 0.0421 e. The van der Waals surface area contributed by atoms with Gasteiger partial charge >= 0.3 is 0 Å². The molecule has 12 heavy (non-hydrogen) atoms. The van der Waals surface area contributed by atoms with Gasteiger partial charge in [-0.2, -0.15) is 0 Å². The molecule has 1 nitrogen and oxygen atoms in total. The number of nitrogens with two attached hydrogens (primary N) is 1. The van der Waals surface area contributed by atoms with E-state index in [1.807, 2.05) is 26.0 Å². The molecule has 2 N–H and O–H groups in total. The van der Waals surface area contributed by atoms with E-state index in [9.17, 15) is 0 Å². The first-order valence-corrected chi connectivity index (χ1v) is 4.49. The fourth-order valence-corrected chi connectivity index (χ4v) is 1.03. The van der Waals surface area contributed by atoms with Gasteiger partial charge in [0.15, 0.2) is 0 Å². The van der Waals surface area contributed by atoms with E-state index in [1.165, 1.54) is 11.1 Å². The molecular formula is C11H19N. The second-order valence-corrected chi connectivity index (χ2v) is 2.73. The van der Waals surface area contributed by atoms with E-state index in [0.29, 0.717) is 0 Å². The highest BCUT2D eigenvalue weighted by Gasteiger charge is 1.96. The Hall–Kier alpha value is -0.820. The Morgan fingerprint density at radius 3 is 1.67 bits per heavy atom. The van der Waals surface area contributed by atoms with Crippen LogP contribution in [-0.4, -0.2) is 6.04 Å². The molecule has 0 aromatic carbocycles. The SMILES string of the molecule is CC.CC1=CC(N)C=C(C)C=C1. The summed E-state index contributed by atoms with van der Waals surface area (Å²) in [5.41, 5.74) is 8.20. The Morgan fingerprint density at radius 2 is 1.33 bits per heavy atom. The number of hydrogen-bond donors (Lipinski definition) is 1. The molecule has 1 rings (SSSR count). The van der Waals surface area contributed by atoms with Crippen LogP contribution in [-0.2, 0) is 0 Å². The molecule has 1 heteroatoms. The average molecular weight is 165 g/mol. The number of allylic oxidation sites excluding steroid dienone is 4. The van der Waals surface area contributed by atoms with Crippen LogP contribution in [0.15, 0.2) is 35.5 Å². The van der Waals surface area contributed by atoms with Crippen molar-refractivity contribution in [1.29, 1.82) is 0 Å². The van der Waals surface area contributed by atoms with Crippen molar-refractivity contribution < 1.29 is 0 Å². The summed E-state index contributed by atoms with van der Waals surface area (Å²) in [6, 6.07) is 0.0926. The summed E-state index contributed by atoms with van der Waals surface area (Å²) in [7, 11) is 0. The summed E-state index contributed by atoms with van der Waals surface area (Å²) in [6.07, 6.45) is 8.26. The van der Waals surface area contributed by atoms with Gasteiger partial charge in [0, 0.05) is 6.04 Å². The van der Waals surface area contributed by atoms with Crippen molar-refractivity contribution in [3.63, 3.8) is 0 Å². The fraction of sp³-hybridized carbons (Fsp3) is 0.455. The van der Waals surface area contributed by atoms with Crippen LogP contribution in [0.2, 0.25) is 0 Å². The van der Waals surface area contributed by atoms with Gasteiger partial charge in [0.05, 0.1) is 0 Å². The molecule has 1 aliphatic carbocycles. The van der Waals surface area contributed by atoms with Gasteiger partial charge < -0.3 is 5.73 Å². The van der Waals surface area contributed by atoms with Gasteiger partial charge in [-0.1, -0.05) is 49.3 Å². The van der Waals surface area contributed by atoms with Crippen LogP contribution in [0, 0.1) is 0 Å². The molecule has 0 spiro atoms. The Balaban J connectivity index is 0.000000561. The highest BCUT2D eigenvalue weighted by Crippen LogP contribution is 2.07. The van der Waals surface area contributed by atoms with Crippen LogP contribution in [0.3, 0.4) is 0 Å². The third kappa shape index (κ3) is 4.14. The molecule has 0 fully saturated rings. The molecule has 1 aliphatic rings. The van der Waals surface area contributed by atoms with Crippen LogP contribution in [0.25, 0.3) is 0 Å². The molecule has 0 aromatic rings. The van der Waals surface area contributed by atoms with Crippen molar-refractivity contribution >= 4 is 0 Å². The third-order valence-electron chi connectivity index (χ3n) is 1.52. The monoisotopic (exact) mass is 165 g/mol. The standard InChI is InChI=1S/C9H13N.C2H6/c1-7-3-4-8(2)6-9(10)5-7;1-2/h3-6,9H,10H2,1-2H3;1-2H3. The molecule has 0 atom stereocenters. The van der Waals surface area contributed by atoms with Crippen molar-refractivity contribution in [2.75, 3.05) is 0 Å². The Morgan fingerprint density at radius 1 is 1.00 bits per heavy atom. The zero-order valence-electron chi connectivity index (χ0n) is 8.46. The minimum absolute atomic E-state index is 0.0926. The van der Waals surface area contributed by atoms with E-state index in [2.05, 4.69) is 26.0 Å². The molecule has 68 valence electrons. The second kappa shape index (κ2) is 5.78. The smallest absolute Gasteiger partial charge is 0.0421 e. The minimum atomic E-state index is 0.0926. The van der Waals surface area contributed by atoms with Crippen molar-refractivity contribution in [3.8, 4) is 0 Å². The molecule has 0 aliphatic heterocycles. The molecule has 0 amide bonds. The first-order chi connectivity index (χ1) is 5.68. The van der Waals surface area contributed by atoms with Gasteiger partial charge in [-0.15, -0.1) is 0 Å².